The second-order valence-electron chi connectivity index (χ2n) is 20.0. The van der Waals surface area contributed by atoms with Crippen LogP contribution in [0.25, 0.3) is 125 Å². The molecule has 0 radical (unpaired) electrons. The average Bonchev–Trinajstić information content (AvgIpc) is 4.19. The van der Waals surface area contributed by atoms with E-state index >= 15 is 0 Å². The van der Waals surface area contributed by atoms with Gasteiger partial charge in [0.25, 0.3) is 0 Å². The molecule has 360 valence electrons. The molecule has 13 aromatic carbocycles. The summed E-state index contributed by atoms with van der Waals surface area (Å²) in [6.45, 7) is 0. The van der Waals surface area contributed by atoms with Gasteiger partial charge in [0.1, 0.15) is 0 Å². The SMILES string of the molecule is c1ccc(-c2cccc(-c3ccc(-n4c5cc(N(c6ccc(-c7cc8ccccc8c8ccccc78)cc6)c6ccc7c(c6)sc6ccccc67)ccc5c5cc(-c6ccccc6)cc(-c6ccccc6)c54)cc3)c2)cc1. The predicted molar refractivity (Wildman–Crippen MR) is 331 cm³/mol. The van der Waals surface area contributed by atoms with Gasteiger partial charge in [0, 0.05) is 59.3 Å². The highest BCUT2D eigenvalue weighted by Gasteiger charge is 2.23. The van der Waals surface area contributed by atoms with Crippen molar-refractivity contribution < 1.29 is 0 Å². The largest absolute Gasteiger partial charge is 0.310 e. The van der Waals surface area contributed by atoms with Gasteiger partial charge in [-0.3, -0.25) is 0 Å². The molecule has 2 heterocycles. The fraction of sp³-hybridized carbons (Fsp3) is 0. The van der Waals surface area contributed by atoms with Gasteiger partial charge in [-0.25, -0.2) is 0 Å². The summed E-state index contributed by atoms with van der Waals surface area (Å²) < 4.78 is 5.07. The lowest BCUT2D eigenvalue weighted by Gasteiger charge is -2.26. The Kier molecular flexibility index (Phi) is 10.8. The fourth-order valence-electron chi connectivity index (χ4n) is 11.9. The van der Waals surface area contributed by atoms with E-state index in [0.29, 0.717) is 0 Å². The maximum absolute atomic E-state index is 2.51. The number of benzene rings is 13. The van der Waals surface area contributed by atoms with Crippen LogP contribution in [-0.2, 0) is 0 Å². The van der Waals surface area contributed by atoms with Crippen molar-refractivity contribution in [2.24, 2.45) is 0 Å². The lowest BCUT2D eigenvalue weighted by molar-refractivity contribution is 1.18. The predicted octanol–water partition coefficient (Wildman–Crippen LogP) is 21.3. The van der Waals surface area contributed by atoms with Crippen LogP contribution in [0.4, 0.5) is 17.1 Å². The minimum atomic E-state index is 1.07. The molecule has 0 atom stereocenters. The second-order valence-corrected chi connectivity index (χ2v) is 21.1. The van der Waals surface area contributed by atoms with Gasteiger partial charge in [-0.05, 0) is 150 Å². The normalized spacial score (nSPS) is 11.6. The van der Waals surface area contributed by atoms with E-state index in [1.54, 1.807) is 0 Å². The quantitative estimate of drug-likeness (QED) is 0.131. The van der Waals surface area contributed by atoms with Crippen LogP contribution in [0.3, 0.4) is 0 Å². The van der Waals surface area contributed by atoms with Crippen LogP contribution < -0.4 is 4.90 Å². The fourth-order valence-corrected chi connectivity index (χ4v) is 13.0. The van der Waals surface area contributed by atoms with Gasteiger partial charge in [0.15, 0.2) is 0 Å². The summed E-state index contributed by atoms with van der Waals surface area (Å²) in [5, 5.41) is 10.0. The molecule has 0 unspecified atom stereocenters. The van der Waals surface area contributed by atoms with Crippen molar-refractivity contribution in [3.63, 3.8) is 0 Å². The van der Waals surface area contributed by atoms with Gasteiger partial charge in [-0.1, -0.05) is 212 Å². The van der Waals surface area contributed by atoms with Crippen molar-refractivity contribution in [2.75, 3.05) is 4.90 Å². The van der Waals surface area contributed by atoms with Crippen molar-refractivity contribution >= 4 is 91.9 Å². The van der Waals surface area contributed by atoms with Gasteiger partial charge >= 0.3 is 0 Å². The molecule has 2 nitrogen and oxygen atoms in total. The minimum Gasteiger partial charge on any atom is -0.310 e. The lowest BCUT2D eigenvalue weighted by atomic mass is 9.93. The Labute approximate surface area is 451 Å². The number of thiophene rings is 1. The lowest BCUT2D eigenvalue weighted by Crippen LogP contribution is -2.10. The van der Waals surface area contributed by atoms with E-state index in [1.165, 1.54) is 114 Å². The molecule has 0 aliphatic rings. The maximum atomic E-state index is 2.51. The summed E-state index contributed by atoms with van der Waals surface area (Å²) in [5.74, 6) is 0. The Morgan fingerprint density at radius 1 is 0.260 bits per heavy atom. The number of anilines is 3. The molecule has 15 rings (SSSR count). The third-order valence-electron chi connectivity index (χ3n) is 15.5. The summed E-state index contributed by atoms with van der Waals surface area (Å²) in [6, 6.07) is 107. The van der Waals surface area contributed by atoms with Crippen molar-refractivity contribution in [3.05, 3.63) is 291 Å². The first-order valence-electron chi connectivity index (χ1n) is 26.4. The van der Waals surface area contributed by atoms with Gasteiger partial charge in [-0.2, -0.15) is 0 Å². The summed E-state index contributed by atoms with van der Waals surface area (Å²) in [5.41, 5.74) is 18.6. The molecule has 2 aromatic heterocycles. The molecule has 0 fully saturated rings. The van der Waals surface area contributed by atoms with E-state index in [-0.39, 0.29) is 0 Å². The zero-order valence-electron chi connectivity index (χ0n) is 42.0. The van der Waals surface area contributed by atoms with Crippen molar-refractivity contribution in [3.8, 4) is 61.3 Å². The second kappa shape index (κ2) is 18.5. The molecule has 0 amide bonds. The molecule has 15 aromatic rings. The van der Waals surface area contributed by atoms with E-state index in [4.69, 9.17) is 0 Å². The molecular weight excluding hydrogens is 949 g/mol. The van der Waals surface area contributed by atoms with E-state index < -0.39 is 0 Å². The standard InChI is InChI=1S/C74H48N2S/c1-4-17-49(18-5-1)54-24-16-25-55(43-54)51-31-35-59(36-32-51)76-71-47-60(39-41-65(71)70-46-57(50-19-6-2-7-20-50)45-69(74(70)76)52-21-8-3-9-22-52)75(61-40-42-67-66-29-14-15-30-72(66)77-73(67)48-61)58-37-33-53(34-38-58)68-44-56-23-10-11-26-62(56)63-27-12-13-28-64(63)68/h1-48H. The van der Waals surface area contributed by atoms with E-state index in [2.05, 4.69) is 301 Å². The Hall–Kier alpha value is -9.80. The first-order chi connectivity index (χ1) is 38.2. The monoisotopic (exact) mass is 996 g/mol. The summed E-state index contributed by atoms with van der Waals surface area (Å²) in [6.07, 6.45) is 0. The highest BCUT2D eigenvalue weighted by molar-refractivity contribution is 7.25. The number of rotatable bonds is 9. The van der Waals surface area contributed by atoms with E-state index in [0.717, 1.165) is 28.3 Å². The van der Waals surface area contributed by atoms with Gasteiger partial charge < -0.3 is 9.47 Å². The summed E-state index contributed by atoms with van der Waals surface area (Å²) >= 11 is 1.86. The van der Waals surface area contributed by atoms with Crippen molar-refractivity contribution in [1.29, 1.82) is 0 Å². The number of hydrogen-bond acceptors (Lipinski definition) is 2. The molecule has 77 heavy (non-hydrogen) atoms. The van der Waals surface area contributed by atoms with Crippen molar-refractivity contribution in [2.45, 2.75) is 0 Å². The molecule has 3 heteroatoms. The summed E-state index contributed by atoms with van der Waals surface area (Å²) in [7, 11) is 0. The number of nitrogens with zero attached hydrogens (tertiary/aromatic N) is 2. The zero-order valence-corrected chi connectivity index (χ0v) is 42.8. The van der Waals surface area contributed by atoms with Crippen LogP contribution in [0.5, 0.6) is 0 Å². The molecule has 0 spiro atoms. The molecule has 0 saturated carbocycles. The summed E-state index contributed by atoms with van der Waals surface area (Å²) in [4.78, 5) is 2.45. The zero-order chi connectivity index (χ0) is 50.8. The third kappa shape index (κ3) is 7.79. The molecule has 0 N–H and O–H groups in total. The first kappa shape index (κ1) is 44.7. The smallest absolute Gasteiger partial charge is 0.0619 e. The van der Waals surface area contributed by atoms with E-state index in [1.807, 2.05) is 11.3 Å². The highest BCUT2D eigenvalue weighted by atomic mass is 32.1. The van der Waals surface area contributed by atoms with Gasteiger partial charge in [0.2, 0.25) is 0 Å². The molecule has 0 aliphatic heterocycles. The topological polar surface area (TPSA) is 8.17 Å². The van der Waals surface area contributed by atoms with Crippen LogP contribution in [0, 0.1) is 0 Å². The van der Waals surface area contributed by atoms with Gasteiger partial charge in [-0.15, -0.1) is 11.3 Å². The molecule has 0 bridgehead atoms. The number of fused-ring (bicyclic) bond motifs is 9. The molecular formula is C74H48N2S. The Morgan fingerprint density at radius 3 is 1.51 bits per heavy atom. The van der Waals surface area contributed by atoms with Crippen molar-refractivity contribution in [1.82, 2.24) is 4.57 Å². The number of aromatic nitrogens is 1. The van der Waals surface area contributed by atoms with Crippen LogP contribution in [0.1, 0.15) is 0 Å². The Morgan fingerprint density at radius 2 is 0.779 bits per heavy atom. The van der Waals surface area contributed by atoms with Crippen LogP contribution in [0.2, 0.25) is 0 Å². The maximum Gasteiger partial charge on any atom is 0.0619 e. The average molecular weight is 997 g/mol. The van der Waals surface area contributed by atoms with Crippen LogP contribution >= 0.6 is 11.3 Å². The minimum absolute atomic E-state index is 1.07. The third-order valence-corrected chi connectivity index (χ3v) is 16.7. The molecule has 0 saturated heterocycles. The highest BCUT2D eigenvalue weighted by Crippen LogP contribution is 2.46. The molecule has 0 aliphatic carbocycles. The Bertz CT molecular complexity index is 4710. The Balaban J connectivity index is 0.951. The van der Waals surface area contributed by atoms with E-state index in [9.17, 15) is 0 Å². The van der Waals surface area contributed by atoms with Crippen LogP contribution in [0.15, 0.2) is 291 Å². The van der Waals surface area contributed by atoms with Crippen LogP contribution in [-0.4, -0.2) is 4.57 Å². The number of hydrogen-bond donors (Lipinski definition) is 0. The first-order valence-corrected chi connectivity index (χ1v) is 27.2. The van der Waals surface area contributed by atoms with Gasteiger partial charge in [0.05, 0.1) is 11.0 Å².